The third-order valence-corrected chi connectivity index (χ3v) is 4.32. The summed E-state index contributed by atoms with van der Waals surface area (Å²) in [5.74, 6) is 0.732. The van der Waals surface area contributed by atoms with Gasteiger partial charge < -0.3 is 9.73 Å². The Morgan fingerprint density at radius 3 is 2.20 bits per heavy atom. The molecule has 0 unspecified atom stereocenters. The molecule has 0 spiro atoms. The summed E-state index contributed by atoms with van der Waals surface area (Å²) < 4.78 is 44.0. The first-order valence-corrected chi connectivity index (χ1v) is 7.25. The standard InChI is InChI=1S/C13H10Br2F3NO/c14-11-5-10(20-12(11)15)7-19-6-8-1-3-9(4-2-8)13(16,17)18/h1-5,19H,6-7H2. The topological polar surface area (TPSA) is 25.2 Å². The van der Waals surface area contributed by atoms with Gasteiger partial charge in [-0.2, -0.15) is 13.2 Å². The first-order valence-electron chi connectivity index (χ1n) is 5.67. The van der Waals surface area contributed by atoms with E-state index in [-0.39, 0.29) is 0 Å². The van der Waals surface area contributed by atoms with Crippen molar-refractivity contribution in [3.63, 3.8) is 0 Å². The van der Waals surface area contributed by atoms with E-state index in [0.717, 1.165) is 27.9 Å². The Labute approximate surface area is 130 Å². The molecule has 1 aromatic heterocycles. The van der Waals surface area contributed by atoms with Crippen molar-refractivity contribution >= 4 is 31.9 Å². The molecule has 0 saturated carbocycles. The molecule has 2 rings (SSSR count). The van der Waals surface area contributed by atoms with E-state index in [4.69, 9.17) is 4.42 Å². The zero-order chi connectivity index (χ0) is 14.8. The van der Waals surface area contributed by atoms with Crippen molar-refractivity contribution in [2.45, 2.75) is 19.3 Å². The summed E-state index contributed by atoms with van der Waals surface area (Å²) in [6.45, 7) is 0.958. The first kappa shape index (κ1) is 15.6. The molecule has 0 atom stereocenters. The molecule has 0 saturated heterocycles. The number of hydrogen-bond donors (Lipinski definition) is 1. The minimum absolute atomic E-state index is 0.466. The summed E-state index contributed by atoms with van der Waals surface area (Å²) in [5, 5.41) is 3.10. The van der Waals surface area contributed by atoms with Gasteiger partial charge in [0.2, 0.25) is 0 Å². The zero-order valence-corrected chi connectivity index (χ0v) is 13.3. The van der Waals surface area contributed by atoms with Gasteiger partial charge in [-0.15, -0.1) is 0 Å². The highest BCUT2D eigenvalue weighted by molar-refractivity contribution is 9.13. The molecular weight excluding hydrogens is 403 g/mol. The molecule has 1 aromatic carbocycles. The Morgan fingerprint density at radius 2 is 1.70 bits per heavy atom. The largest absolute Gasteiger partial charge is 0.452 e. The summed E-state index contributed by atoms with van der Waals surface area (Å²) in [6.07, 6.45) is -4.29. The number of halogens is 5. The Balaban J connectivity index is 1.88. The fourth-order valence-corrected chi connectivity index (χ4v) is 2.28. The third kappa shape index (κ3) is 4.10. The second-order valence-corrected chi connectivity index (χ2v) is 5.71. The van der Waals surface area contributed by atoms with Crippen molar-refractivity contribution in [2.24, 2.45) is 0 Å². The molecule has 0 amide bonds. The summed E-state index contributed by atoms with van der Waals surface area (Å²) in [4.78, 5) is 0. The van der Waals surface area contributed by atoms with Crippen LogP contribution in [0.1, 0.15) is 16.9 Å². The molecule has 1 heterocycles. The van der Waals surface area contributed by atoms with Crippen molar-refractivity contribution in [3.8, 4) is 0 Å². The molecular formula is C13H10Br2F3NO. The number of benzene rings is 1. The summed E-state index contributed by atoms with van der Waals surface area (Å²) in [6, 6.07) is 6.91. The number of alkyl halides is 3. The molecule has 0 bridgehead atoms. The van der Waals surface area contributed by atoms with Crippen LogP contribution in [0.4, 0.5) is 13.2 Å². The lowest BCUT2D eigenvalue weighted by atomic mass is 10.1. The van der Waals surface area contributed by atoms with Crippen LogP contribution in [0, 0.1) is 0 Å². The predicted octanol–water partition coefficient (Wildman–Crippen LogP) is 5.11. The predicted molar refractivity (Wildman–Crippen MR) is 76.1 cm³/mol. The zero-order valence-electron chi connectivity index (χ0n) is 10.1. The fraction of sp³-hybridized carbons (Fsp3) is 0.231. The normalized spacial score (nSPS) is 11.8. The van der Waals surface area contributed by atoms with Crippen LogP contribution >= 0.6 is 31.9 Å². The minimum Gasteiger partial charge on any atom is -0.452 e. The van der Waals surface area contributed by atoms with Crippen LogP contribution in [-0.2, 0) is 19.3 Å². The lowest BCUT2D eigenvalue weighted by Gasteiger charge is -2.08. The summed E-state index contributed by atoms with van der Waals surface area (Å²) >= 11 is 6.54. The molecule has 20 heavy (non-hydrogen) atoms. The number of rotatable bonds is 4. The van der Waals surface area contributed by atoms with Gasteiger partial charge in [-0.1, -0.05) is 12.1 Å². The lowest BCUT2D eigenvalue weighted by molar-refractivity contribution is -0.137. The fourth-order valence-electron chi connectivity index (χ4n) is 1.62. The molecule has 0 aliphatic heterocycles. The quantitative estimate of drug-likeness (QED) is 0.754. The maximum atomic E-state index is 12.4. The van der Waals surface area contributed by atoms with Crippen molar-refractivity contribution in [1.29, 1.82) is 0 Å². The van der Waals surface area contributed by atoms with Crippen LogP contribution in [0.3, 0.4) is 0 Å². The minimum atomic E-state index is -4.29. The van der Waals surface area contributed by atoms with Crippen molar-refractivity contribution in [1.82, 2.24) is 5.32 Å². The average Bonchev–Trinajstić information content (AvgIpc) is 2.68. The Hall–Kier alpha value is -0.790. The van der Waals surface area contributed by atoms with E-state index in [1.54, 1.807) is 0 Å². The summed E-state index contributed by atoms with van der Waals surface area (Å²) in [5.41, 5.74) is 0.142. The van der Waals surface area contributed by atoms with E-state index in [1.165, 1.54) is 12.1 Å². The first-order chi connectivity index (χ1) is 9.36. The highest BCUT2D eigenvalue weighted by Gasteiger charge is 2.29. The Morgan fingerprint density at radius 1 is 1.05 bits per heavy atom. The van der Waals surface area contributed by atoms with Gasteiger partial charge in [0.05, 0.1) is 16.6 Å². The van der Waals surface area contributed by atoms with Crippen LogP contribution in [0.15, 0.2) is 43.9 Å². The van der Waals surface area contributed by atoms with Gasteiger partial charge in [-0.3, -0.25) is 0 Å². The number of nitrogens with one attached hydrogen (secondary N) is 1. The van der Waals surface area contributed by atoms with E-state index >= 15 is 0 Å². The Bertz CT molecular complexity index is 559. The maximum Gasteiger partial charge on any atom is 0.416 e. The smallest absolute Gasteiger partial charge is 0.416 e. The van der Waals surface area contributed by atoms with Gasteiger partial charge in [0.15, 0.2) is 4.67 Å². The van der Waals surface area contributed by atoms with E-state index in [0.29, 0.717) is 17.8 Å². The van der Waals surface area contributed by atoms with Crippen molar-refractivity contribution in [2.75, 3.05) is 0 Å². The monoisotopic (exact) mass is 411 g/mol. The molecule has 2 nitrogen and oxygen atoms in total. The van der Waals surface area contributed by atoms with Gasteiger partial charge in [0.25, 0.3) is 0 Å². The van der Waals surface area contributed by atoms with Gasteiger partial charge in [-0.25, -0.2) is 0 Å². The molecule has 0 fully saturated rings. The van der Waals surface area contributed by atoms with Gasteiger partial charge >= 0.3 is 6.18 Å². The van der Waals surface area contributed by atoms with Crippen LogP contribution in [-0.4, -0.2) is 0 Å². The lowest BCUT2D eigenvalue weighted by Crippen LogP contribution is -2.12. The van der Waals surface area contributed by atoms with Crippen LogP contribution in [0.5, 0.6) is 0 Å². The van der Waals surface area contributed by atoms with Gasteiger partial charge in [0, 0.05) is 6.54 Å². The van der Waals surface area contributed by atoms with Gasteiger partial charge in [0.1, 0.15) is 5.76 Å². The highest BCUT2D eigenvalue weighted by atomic mass is 79.9. The van der Waals surface area contributed by atoms with Crippen molar-refractivity contribution < 1.29 is 17.6 Å². The van der Waals surface area contributed by atoms with E-state index in [2.05, 4.69) is 37.2 Å². The summed E-state index contributed by atoms with van der Waals surface area (Å²) in [7, 11) is 0. The molecule has 0 aliphatic rings. The average molecular weight is 413 g/mol. The molecule has 0 radical (unpaired) electrons. The van der Waals surface area contributed by atoms with Crippen molar-refractivity contribution in [3.05, 3.63) is 56.4 Å². The molecule has 0 aliphatic carbocycles. The van der Waals surface area contributed by atoms with E-state index < -0.39 is 11.7 Å². The van der Waals surface area contributed by atoms with Crippen LogP contribution in [0.25, 0.3) is 0 Å². The number of hydrogen-bond acceptors (Lipinski definition) is 2. The van der Waals surface area contributed by atoms with E-state index in [1.807, 2.05) is 6.07 Å². The highest BCUT2D eigenvalue weighted by Crippen LogP contribution is 2.29. The SMILES string of the molecule is FC(F)(F)c1ccc(CNCc2cc(Br)c(Br)o2)cc1. The second kappa shape index (κ2) is 6.32. The van der Waals surface area contributed by atoms with E-state index in [9.17, 15) is 13.2 Å². The second-order valence-electron chi connectivity index (χ2n) is 4.13. The molecule has 1 N–H and O–H groups in total. The van der Waals surface area contributed by atoms with Gasteiger partial charge in [-0.05, 0) is 55.6 Å². The third-order valence-electron chi connectivity index (χ3n) is 2.61. The maximum absolute atomic E-state index is 12.4. The molecule has 108 valence electrons. The van der Waals surface area contributed by atoms with Crippen LogP contribution < -0.4 is 5.32 Å². The van der Waals surface area contributed by atoms with Crippen LogP contribution in [0.2, 0.25) is 0 Å². The molecule has 7 heteroatoms. The molecule has 2 aromatic rings. The Kier molecular flexibility index (Phi) is 4.93. The number of furan rings is 1.